The molecule has 2 rings (SSSR count). The number of carbonyl (C=O) groups is 2. The summed E-state index contributed by atoms with van der Waals surface area (Å²) in [6.45, 7) is 0.174. The van der Waals surface area contributed by atoms with Crippen molar-refractivity contribution in [1.82, 2.24) is 4.90 Å². The van der Waals surface area contributed by atoms with E-state index in [1.54, 1.807) is 0 Å². The van der Waals surface area contributed by atoms with Gasteiger partial charge < -0.3 is 15.1 Å². The van der Waals surface area contributed by atoms with E-state index in [2.05, 4.69) is 0 Å². The van der Waals surface area contributed by atoms with Crippen molar-refractivity contribution < 1.29 is 19.8 Å². The third-order valence-corrected chi connectivity index (χ3v) is 2.83. The summed E-state index contributed by atoms with van der Waals surface area (Å²) < 4.78 is 0. The lowest BCUT2D eigenvalue weighted by Crippen LogP contribution is -2.40. The summed E-state index contributed by atoms with van der Waals surface area (Å²) >= 11 is 0. The van der Waals surface area contributed by atoms with Crippen LogP contribution >= 0.6 is 0 Å². The first-order valence-corrected chi connectivity index (χ1v) is 5.52. The number of carbonyl (C=O) groups excluding carboxylic acids is 1. The van der Waals surface area contributed by atoms with Crippen molar-refractivity contribution in [2.75, 3.05) is 6.54 Å². The number of aliphatic carboxylic acids is 1. The first-order chi connectivity index (χ1) is 8.58. The molecule has 0 atom stereocenters. The fraction of sp³-hybridized carbons (Fsp3) is 0.231. The van der Waals surface area contributed by atoms with Crippen molar-refractivity contribution in [3.8, 4) is 0 Å². The van der Waals surface area contributed by atoms with Crippen molar-refractivity contribution in [2.45, 2.75) is 13.0 Å². The Hall–Kier alpha value is -2.30. The summed E-state index contributed by atoms with van der Waals surface area (Å²) in [5, 5.41) is 20.3. The normalized spacial score (nSPS) is 16.0. The van der Waals surface area contributed by atoms with Gasteiger partial charge in [0.15, 0.2) is 0 Å². The van der Waals surface area contributed by atoms with Crippen LogP contribution in [0.2, 0.25) is 0 Å². The number of carboxylic acid groups (broad SMARTS) is 1. The zero-order chi connectivity index (χ0) is 13.1. The monoisotopic (exact) mass is 246 g/mol. The smallest absolute Gasteiger partial charge is 0.331 e. The van der Waals surface area contributed by atoms with Gasteiger partial charge in [-0.3, -0.25) is 4.79 Å². The second-order valence-electron chi connectivity index (χ2n) is 4.12. The molecule has 1 aliphatic rings. The van der Waals surface area contributed by atoms with E-state index >= 15 is 0 Å². The third-order valence-electron chi connectivity index (χ3n) is 2.83. The van der Waals surface area contributed by atoms with E-state index in [0.717, 1.165) is 5.56 Å². The van der Waals surface area contributed by atoms with E-state index in [4.69, 9.17) is 5.11 Å². The summed E-state index contributed by atoms with van der Waals surface area (Å²) in [6, 6.07) is 9.27. The largest absolute Gasteiger partial charge is 0.874 e. The maximum absolute atomic E-state index is 11.7. The minimum Gasteiger partial charge on any atom is -0.874 e. The molecule has 0 radical (unpaired) electrons. The average molecular weight is 246 g/mol. The second-order valence-corrected chi connectivity index (χ2v) is 4.12. The molecule has 1 aromatic carbocycles. The van der Waals surface area contributed by atoms with Gasteiger partial charge in [0.25, 0.3) is 0 Å². The summed E-state index contributed by atoms with van der Waals surface area (Å²) in [4.78, 5) is 23.9. The van der Waals surface area contributed by atoms with Crippen LogP contribution in [0.25, 0.3) is 0 Å². The molecule has 94 valence electrons. The molecular formula is C13H12NO4-. The number of rotatable bonds is 3. The van der Waals surface area contributed by atoms with Gasteiger partial charge in [-0.2, -0.15) is 0 Å². The van der Waals surface area contributed by atoms with Gasteiger partial charge in [0.2, 0.25) is 5.91 Å². The Morgan fingerprint density at radius 2 is 2.00 bits per heavy atom. The lowest BCUT2D eigenvalue weighted by atomic mass is 10.1. The molecule has 1 heterocycles. The standard InChI is InChI=1S/C13H13NO4/c15-11-8-14(7-9-4-2-1-3-5-9)12(16)6-10(11)13(17)18/h1-5,15H,6-8H2,(H,17,18)/p-1. The molecule has 1 amide bonds. The first kappa shape index (κ1) is 12.2. The quantitative estimate of drug-likeness (QED) is 0.821. The van der Waals surface area contributed by atoms with Crippen LogP contribution in [-0.2, 0) is 16.1 Å². The Morgan fingerprint density at radius 3 is 2.61 bits per heavy atom. The SMILES string of the molecule is O=C(O)C1=C([O-])CN(Cc2ccccc2)C(=O)C1. The number of hydrogen-bond acceptors (Lipinski definition) is 3. The van der Waals surface area contributed by atoms with Crippen LogP contribution in [-0.4, -0.2) is 28.4 Å². The van der Waals surface area contributed by atoms with Crippen molar-refractivity contribution in [2.24, 2.45) is 0 Å². The van der Waals surface area contributed by atoms with Gasteiger partial charge in [0.1, 0.15) is 0 Å². The highest BCUT2D eigenvalue weighted by atomic mass is 16.4. The molecule has 5 heteroatoms. The van der Waals surface area contributed by atoms with Gasteiger partial charge >= 0.3 is 5.97 Å². The molecule has 0 unspecified atom stereocenters. The third kappa shape index (κ3) is 2.51. The Bertz CT molecular complexity index is 507. The van der Waals surface area contributed by atoms with Gasteiger partial charge in [0.05, 0.1) is 6.42 Å². The molecule has 0 aliphatic carbocycles. The fourth-order valence-electron chi connectivity index (χ4n) is 1.86. The summed E-state index contributed by atoms with van der Waals surface area (Å²) in [6.07, 6.45) is -0.318. The zero-order valence-corrected chi connectivity index (χ0v) is 9.63. The summed E-state index contributed by atoms with van der Waals surface area (Å²) in [5.41, 5.74) is 0.599. The van der Waals surface area contributed by atoms with E-state index in [1.165, 1.54) is 4.90 Å². The van der Waals surface area contributed by atoms with Crippen LogP contribution in [0.4, 0.5) is 0 Å². The van der Waals surface area contributed by atoms with Gasteiger partial charge in [-0.25, -0.2) is 4.79 Å². The Kier molecular flexibility index (Phi) is 3.32. The van der Waals surface area contributed by atoms with E-state index in [-0.39, 0.29) is 24.4 Å². The molecular weight excluding hydrogens is 234 g/mol. The molecule has 0 saturated heterocycles. The number of carboxylic acids is 1. The highest BCUT2D eigenvalue weighted by Crippen LogP contribution is 2.18. The number of nitrogens with zero attached hydrogens (tertiary/aromatic N) is 1. The predicted octanol–water partition coefficient (Wildman–Crippen LogP) is 0.118. The van der Waals surface area contributed by atoms with Crippen LogP contribution in [0.5, 0.6) is 0 Å². The minimum atomic E-state index is -1.30. The van der Waals surface area contributed by atoms with Crippen molar-refractivity contribution in [1.29, 1.82) is 0 Å². The lowest BCUT2D eigenvalue weighted by Gasteiger charge is -2.32. The molecule has 0 fully saturated rings. The molecule has 5 nitrogen and oxygen atoms in total. The van der Waals surface area contributed by atoms with Crippen molar-refractivity contribution >= 4 is 11.9 Å². The number of amides is 1. The van der Waals surface area contributed by atoms with Crippen molar-refractivity contribution in [3.05, 3.63) is 47.2 Å². The van der Waals surface area contributed by atoms with Crippen LogP contribution in [0.3, 0.4) is 0 Å². The fourth-order valence-corrected chi connectivity index (χ4v) is 1.86. The van der Waals surface area contributed by atoms with Crippen LogP contribution < -0.4 is 5.11 Å². The predicted molar refractivity (Wildman–Crippen MR) is 61.1 cm³/mol. The van der Waals surface area contributed by atoms with E-state index in [0.29, 0.717) is 6.54 Å². The molecule has 0 saturated carbocycles. The van der Waals surface area contributed by atoms with Crippen LogP contribution in [0.1, 0.15) is 12.0 Å². The van der Waals surface area contributed by atoms with E-state index < -0.39 is 11.7 Å². The maximum Gasteiger partial charge on any atom is 0.331 e. The van der Waals surface area contributed by atoms with Gasteiger partial charge in [0, 0.05) is 18.7 Å². The Balaban J connectivity index is 2.14. The molecule has 1 N–H and O–H groups in total. The number of hydrogen-bond donors (Lipinski definition) is 1. The highest BCUT2D eigenvalue weighted by molar-refractivity contribution is 5.95. The molecule has 0 aromatic heterocycles. The molecule has 1 aliphatic heterocycles. The second kappa shape index (κ2) is 4.91. The topological polar surface area (TPSA) is 80.7 Å². The van der Waals surface area contributed by atoms with Gasteiger partial charge in [-0.1, -0.05) is 30.3 Å². The van der Waals surface area contributed by atoms with E-state index in [1.807, 2.05) is 30.3 Å². The Morgan fingerprint density at radius 1 is 1.33 bits per heavy atom. The average Bonchev–Trinajstić information content (AvgIpc) is 2.34. The van der Waals surface area contributed by atoms with Crippen LogP contribution in [0.15, 0.2) is 41.7 Å². The Labute approximate surface area is 104 Å². The maximum atomic E-state index is 11.7. The molecule has 0 bridgehead atoms. The van der Waals surface area contributed by atoms with E-state index in [9.17, 15) is 14.7 Å². The number of benzene rings is 1. The molecule has 0 spiro atoms. The molecule has 1 aromatic rings. The van der Waals surface area contributed by atoms with Crippen LogP contribution in [0, 0.1) is 0 Å². The van der Waals surface area contributed by atoms with Gasteiger partial charge in [-0.05, 0) is 5.56 Å². The minimum absolute atomic E-state index is 0.157. The molecule has 18 heavy (non-hydrogen) atoms. The van der Waals surface area contributed by atoms with Crippen molar-refractivity contribution in [3.63, 3.8) is 0 Å². The highest BCUT2D eigenvalue weighted by Gasteiger charge is 2.24. The summed E-state index contributed by atoms with van der Waals surface area (Å²) in [7, 11) is 0. The summed E-state index contributed by atoms with van der Waals surface area (Å²) in [5.74, 6) is -2.11. The van der Waals surface area contributed by atoms with Gasteiger partial charge in [-0.15, -0.1) is 5.76 Å². The first-order valence-electron chi connectivity index (χ1n) is 5.52. The lowest BCUT2D eigenvalue weighted by molar-refractivity contribution is -0.310. The zero-order valence-electron chi connectivity index (χ0n) is 9.63.